The van der Waals surface area contributed by atoms with Gasteiger partial charge in [-0.1, -0.05) is 38.3 Å². The SMILES string of the molecule is CCCCCC(N)c1ccc(C)c(F)c1F. The van der Waals surface area contributed by atoms with Gasteiger partial charge in [-0.3, -0.25) is 0 Å². The van der Waals surface area contributed by atoms with Crippen molar-refractivity contribution in [3.05, 3.63) is 34.9 Å². The highest BCUT2D eigenvalue weighted by atomic mass is 19.2. The van der Waals surface area contributed by atoms with Crippen molar-refractivity contribution in [1.29, 1.82) is 0 Å². The molecule has 0 heterocycles. The first kappa shape index (κ1) is 13.1. The van der Waals surface area contributed by atoms with Gasteiger partial charge in [-0.25, -0.2) is 8.78 Å². The molecule has 16 heavy (non-hydrogen) atoms. The normalized spacial score (nSPS) is 12.8. The molecule has 1 aromatic rings. The summed E-state index contributed by atoms with van der Waals surface area (Å²) in [4.78, 5) is 0. The minimum atomic E-state index is -0.788. The maximum Gasteiger partial charge on any atom is 0.163 e. The molecule has 1 nitrogen and oxygen atoms in total. The number of rotatable bonds is 5. The second kappa shape index (κ2) is 5.94. The molecule has 0 aromatic heterocycles. The predicted octanol–water partition coefficient (Wildman–Crippen LogP) is 3.85. The maximum absolute atomic E-state index is 13.6. The van der Waals surface area contributed by atoms with Crippen molar-refractivity contribution in [2.75, 3.05) is 0 Å². The van der Waals surface area contributed by atoms with Crippen LogP contribution in [0.4, 0.5) is 8.78 Å². The Hall–Kier alpha value is -0.960. The van der Waals surface area contributed by atoms with Crippen LogP contribution in [0.1, 0.15) is 49.8 Å². The monoisotopic (exact) mass is 227 g/mol. The van der Waals surface area contributed by atoms with Crippen molar-refractivity contribution in [2.24, 2.45) is 5.73 Å². The molecule has 1 atom stereocenters. The Labute approximate surface area is 95.7 Å². The zero-order valence-corrected chi connectivity index (χ0v) is 9.89. The third-order valence-corrected chi connectivity index (χ3v) is 2.82. The number of nitrogens with two attached hydrogens (primary N) is 1. The molecule has 0 aliphatic heterocycles. The zero-order chi connectivity index (χ0) is 12.1. The summed E-state index contributed by atoms with van der Waals surface area (Å²) < 4.78 is 26.9. The van der Waals surface area contributed by atoms with E-state index in [1.54, 1.807) is 19.1 Å². The van der Waals surface area contributed by atoms with Gasteiger partial charge in [0.15, 0.2) is 11.6 Å². The van der Waals surface area contributed by atoms with Gasteiger partial charge in [-0.05, 0) is 18.9 Å². The molecule has 0 radical (unpaired) electrons. The number of hydrogen-bond acceptors (Lipinski definition) is 1. The molecule has 2 N–H and O–H groups in total. The summed E-state index contributed by atoms with van der Waals surface area (Å²) >= 11 is 0. The van der Waals surface area contributed by atoms with E-state index in [-0.39, 0.29) is 0 Å². The van der Waals surface area contributed by atoms with Crippen molar-refractivity contribution in [3.63, 3.8) is 0 Å². The van der Waals surface area contributed by atoms with Crippen LogP contribution in [0.5, 0.6) is 0 Å². The quantitative estimate of drug-likeness (QED) is 0.759. The Morgan fingerprint density at radius 1 is 1.19 bits per heavy atom. The summed E-state index contributed by atoms with van der Waals surface area (Å²) in [6, 6.07) is 2.76. The molecule has 0 bridgehead atoms. The minimum Gasteiger partial charge on any atom is -0.324 e. The summed E-state index contributed by atoms with van der Waals surface area (Å²) in [5.41, 5.74) is 6.46. The summed E-state index contributed by atoms with van der Waals surface area (Å²) in [6.07, 6.45) is 3.82. The van der Waals surface area contributed by atoms with Gasteiger partial charge in [0.2, 0.25) is 0 Å². The van der Waals surface area contributed by atoms with E-state index in [0.29, 0.717) is 17.5 Å². The Bertz CT molecular complexity index is 350. The van der Waals surface area contributed by atoms with E-state index < -0.39 is 17.7 Å². The van der Waals surface area contributed by atoms with E-state index in [2.05, 4.69) is 6.92 Å². The third kappa shape index (κ3) is 3.01. The van der Waals surface area contributed by atoms with Crippen molar-refractivity contribution in [1.82, 2.24) is 0 Å². The summed E-state index contributed by atoms with van der Waals surface area (Å²) in [5.74, 6) is -1.56. The van der Waals surface area contributed by atoms with Crippen LogP contribution in [0.15, 0.2) is 12.1 Å². The second-order valence-corrected chi connectivity index (χ2v) is 4.20. The average molecular weight is 227 g/mol. The molecule has 0 saturated heterocycles. The van der Waals surface area contributed by atoms with Crippen LogP contribution < -0.4 is 5.73 Å². The maximum atomic E-state index is 13.6. The summed E-state index contributed by atoms with van der Waals surface area (Å²) in [6.45, 7) is 3.64. The molecule has 1 aromatic carbocycles. The minimum absolute atomic E-state index is 0.291. The standard InChI is InChI=1S/C13H19F2N/c1-3-4-5-6-11(16)10-8-7-9(2)12(14)13(10)15/h7-8,11H,3-6,16H2,1-2H3. The van der Waals surface area contributed by atoms with Crippen LogP contribution in [0.25, 0.3) is 0 Å². The van der Waals surface area contributed by atoms with Crippen LogP contribution in [-0.4, -0.2) is 0 Å². The molecule has 0 amide bonds. The van der Waals surface area contributed by atoms with Crippen molar-refractivity contribution in [3.8, 4) is 0 Å². The van der Waals surface area contributed by atoms with E-state index in [4.69, 9.17) is 5.73 Å². The molecule has 3 heteroatoms. The Morgan fingerprint density at radius 2 is 1.88 bits per heavy atom. The first-order valence-corrected chi connectivity index (χ1v) is 5.78. The lowest BCUT2D eigenvalue weighted by atomic mass is 9.99. The number of benzene rings is 1. The molecule has 0 aliphatic carbocycles. The average Bonchev–Trinajstić information content (AvgIpc) is 2.26. The fraction of sp³-hybridized carbons (Fsp3) is 0.538. The Balaban J connectivity index is 2.76. The molecular formula is C13H19F2N. The van der Waals surface area contributed by atoms with Crippen LogP contribution in [0.3, 0.4) is 0 Å². The fourth-order valence-electron chi connectivity index (χ4n) is 1.72. The largest absolute Gasteiger partial charge is 0.324 e. The molecule has 0 fully saturated rings. The van der Waals surface area contributed by atoms with E-state index in [9.17, 15) is 8.78 Å². The van der Waals surface area contributed by atoms with E-state index in [1.165, 1.54) is 0 Å². The highest BCUT2D eigenvalue weighted by molar-refractivity contribution is 5.27. The van der Waals surface area contributed by atoms with Crippen LogP contribution in [-0.2, 0) is 0 Å². The highest BCUT2D eigenvalue weighted by Gasteiger charge is 2.15. The van der Waals surface area contributed by atoms with Gasteiger partial charge in [-0.2, -0.15) is 0 Å². The van der Waals surface area contributed by atoms with Gasteiger partial charge in [0.25, 0.3) is 0 Å². The van der Waals surface area contributed by atoms with E-state index in [1.807, 2.05) is 0 Å². The third-order valence-electron chi connectivity index (χ3n) is 2.82. The van der Waals surface area contributed by atoms with Gasteiger partial charge in [0, 0.05) is 11.6 Å². The van der Waals surface area contributed by atoms with Crippen molar-refractivity contribution < 1.29 is 8.78 Å². The molecule has 90 valence electrons. The lowest BCUT2D eigenvalue weighted by Crippen LogP contribution is -2.13. The molecule has 1 unspecified atom stereocenters. The molecule has 0 spiro atoms. The van der Waals surface area contributed by atoms with E-state index in [0.717, 1.165) is 19.3 Å². The van der Waals surface area contributed by atoms with Gasteiger partial charge in [0.1, 0.15) is 0 Å². The summed E-state index contributed by atoms with van der Waals surface area (Å²) in [5, 5.41) is 0. The van der Waals surface area contributed by atoms with Crippen molar-refractivity contribution in [2.45, 2.75) is 45.6 Å². The smallest absolute Gasteiger partial charge is 0.163 e. The van der Waals surface area contributed by atoms with Gasteiger partial charge in [0.05, 0.1) is 0 Å². The second-order valence-electron chi connectivity index (χ2n) is 4.20. The van der Waals surface area contributed by atoms with E-state index >= 15 is 0 Å². The first-order chi connectivity index (χ1) is 7.57. The lowest BCUT2D eigenvalue weighted by molar-refractivity contribution is 0.474. The van der Waals surface area contributed by atoms with Gasteiger partial charge in [-0.15, -0.1) is 0 Å². The number of aryl methyl sites for hydroxylation is 1. The molecular weight excluding hydrogens is 208 g/mol. The first-order valence-electron chi connectivity index (χ1n) is 5.78. The number of halogens is 2. The Morgan fingerprint density at radius 3 is 2.50 bits per heavy atom. The van der Waals surface area contributed by atoms with Crippen LogP contribution in [0.2, 0.25) is 0 Å². The van der Waals surface area contributed by atoms with Crippen LogP contribution >= 0.6 is 0 Å². The number of hydrogen-bond donors (Lipinski definition) is 1. The Kier molecular flexibility index (Phi) is 4.87. The summed E-state index contributed by atoms with van der Waals surface area (Å²) in [7, 11) is 0. The topological polar surface area (TPSA) is 26.0 Å². The fourth-order valence-corrected chi connectivity index (χ4v) is 1.72. The molecule has 0 aliphatic rings. The zero-order valence-electron chi connectivity index (χ0n) is 9.89. The van der Waals surface area contributed by atoms with Crippen molar-refractivity contribution >= 4 is 0 Å². The molecule has 0 saturated carbocycles. The highest BCUT2D eigenvalue weighted by Crippen LogP contribution is 2.23. The van der Waals surface area contributed by atoms with Gasteiger partial charge < -0.3 is 5.73 Å². The van der Waals surface area contributed by atoms with Crippen LogP contribution in [0, 0.1) is 18.6 Å². The lowest BCUT2D eigenvalue weighted by Gasteiger charge is -2.13. The number of unbranched alkanes of at least 4 members (excludes halogenated alkanes) is 2. The predicted molar refractivity (Wildman–Crippen MR) is 62.2 cm³/mol. The van der Waals surface area contributed by atoms with Gasteiger partial charge >= 0.3 is 0 Å². The molecule has 1 rings (SSSR count).